The van der Waals surface area contributed by atoms with Crippen LogP contribution in [0.5, 0.6) is 0 Å². The largest absolute Gasteiger partial charge is 0.360 e. The second-order valence-electron chi connectivity index (χ2n) is 9.78. The number of urea groups is 1. The third-order valence-corrected chi connectivity index (χ3v) is 7.46. The lowest BCUT2D eigenvalue weighted by Gasteiger charge is -2.14. The van der Waals surface area contributed by atoms with E-state index in [1.54, 1.807) is 30.6 Å². The quantitative estimate of drug-likeness (QED) is 0.213. The highest BCUT2D eigenvalue weighted by Gasteiger charge is 2.38. The number of nitrogens with zero attached hydrogens (tertiary/aromatic N) is 3. The second-order valence-corrected chi connectivity index (χ2v) is 10.2. The molecule has 9 nitrogen and oxygen atoms in total. The first-order chi connectivity index (χ1) is 19.9. The monoisotopic (exact) mass is 564 g/mol. The Kier molecular flexibility index (Phi) is 6.91. The Balaban J connectivity index is 1.08. The maximum Gasteiger partial charge on any atom is 0.324 e. The zero-order valence-corrected chi connectivity index (χ0v) is 22.8. The van der Waals surface area contributed by atoms with E-state index >= 15 is 0 Å². The number of imide groups is 1. The number of H-pyrrole nitrogens is 1. The molecule has 0 saturated carbocycles. The number of benzene rings is 2. The number of amides is 4. The van der Waals surface area contributed by atoms with E-state index in [2.05, 4.69) is 32.4 Å². The predicted molar refractivity (Wildman–Crippen MR) is 156 cm³/mol. The van der Waals surface area contributed by atoms with Gasteiger partial charge in [0.25, 0.3) is 11.8 Å². The standard InChI is InChI=1S/C31H25ClN6O3/c1-19-8-9-21(15-20(19)10-11-23-18-34-27-7-2-3-13-37(23)27)29(39)33-12-14-38-30(40)26(36-31(38)41)16-22-17-35-28-24(22)5-4-6-25(28)32/h2-9,13,15,17-18,26,35H,12,14,16H2,1H3,(H,33,39)(H,36,41). The number of rotatable bonds is 6. The molecule has 1 saturated heterocycles. The summed E-state index contributed by atoms with van der Waals surface area (Å²) in [7, 11) is 0. The third-order valence-electron chi connectivity index (χ3n) is 7.14. The highest BCUT2D eigenvalue weighted by Crippen LogP contribution is 2.26. The normalized spacial score (nSPS) is 14.8. The summed E-state index contributed by atoms with van der Waals surface area (Å²) in [4.78, 5) is 47.0. The molecule has 0 bridgehead atoms. The number of carbonyl (C=O) groups is 3. The van der Waals surface area contributed by atoms with Gasteiger partial charge in [-0.3, -0.25) is 18.9 Å². The van der Waals surface area contributed by atoms with Gasteiger partial charge in [-0.05, 0) is 54.3 Å². The van der Waals surface area contributed by atoms with Crippen molar-refractivity contribution < 1.29 is 14.4 Å². The number of imidazole rings is 1. The number of para-hydroxylation sites is 1. The summed E-state index contributed by atoms with van der Waals surface area (Å²) in [5, 5.41) is 7.05. The van der Waals surface area contributed by atoms with Crippen molar-refractivity contribution in [3.63, 3.8) is 0 Å². The molecule has 4 amide bonds. The summed E-state index contributed by atoms with van der Waals surface area (Å²) in [5.74, 6) is 5.63. The van der Waals surface area contributed by atoms with E-state index in [1.807, 2.05) is 53.9 Å². The highest BCUT2D eigenvalue weighted by atomic mass is 35.5. The number of aryl methyl sites for hydroxylation is 1. The Morgan fingerprint density at radius 1 is 1.12 bits per heavy atom. The molecule has 0 spiro atoms. The first kappa shape index (κ1) is 26.2. The van der Waals surface area contributed by atoms with Crippen molar-refractivity contribution in [2.24, 2.45) is 0 Å². The average molecular weight is 565 g/mol. The molecule has 0 radical (unpaired) electrons. The molecule has 2 aromatic carbocycles. The van der Waals surface area contributed by atoms with Gasteiger partial charge in [0.05, 0.1) is 16.7 Å². The van der Waals surface area contributed by atoms with Crippen LogP contribution in [0.2, 0.25) is 5.02 Å². The van der Waals surface area contributed by atoms with E-state index in [1.165, 1.54) is 0 Å². The van der Waals surface area contributed by atoms with Crippen molar-refractivity contribution in [2.45, 2.75) is 19.4 Å². The molecule has 1 fully saturated rings. The SMILES string of the molecule is Cc1ccc(C(=O)NCCN2C(=O)NC(Cc3c[nH]c4c(Cl)cccc34)C2=O)cc1C#Cc1cnc2ccccn12. The summed E-state index contributed by atoms with van der Waals surface area (Å²) in [6.07, 6.45) is 5.74. The van der Waals surface area contributed by atoms with E-state index < -0.39 is 12.1 Å². The van der Waals surface area contributed by atoms with Gasteiger partial charge in [-0.15, -0.1) is 0 Å². The maximum absolute atomic E-state index is 13.0. The Bertz CT molecular complexity index is 1900. The lowest BCUT2D eigenvalue weighted by molar-refractivity contribution is -0.127. The molecule has 3 aromatic heterocycles. The molecule has 6 rings (SSSR count). The summed E-state index contributed by atoms with van der Waals surface area (Å²) >= 11 is 6.24. The van der Waals surface area contributed by atoms with Crippen LogP contribution < -0.4 is 10.6 Å². The Morgan fingerprint density at radius 2 is 2.00 bits per heavy atom. The van der Waals surface area contributed by atoms with Gasteiger partial charge in [-0.1, -0.05) is 41.8 Å². The minimum Gasteiger partial charge on any atom is -0.360 e. The van der Waals surface area contributed by atoms with Crippen LogP contribution in [-0.4, -0.2) is 56.2 Å². The predicted octanol–water partition coefficient (Wildman–Crippen LogP) is 4.07. The fourth-order valence-corrected chi connectivity index (χ4v) is 5.16. The van der Waals surface area contributed by atoms with Gasteiger partial charge in [-0.25, -0.2) is 9.78 Å². The first-order valence-corrected chi connectivity index (χ1v) is 13.5. The molecule has 204 valence electrons. The van der Waals surface area contributed by atoms with Crippen molar-refractivity contribution in [1.29, 1.82) is 0 Å². The molecular formula is C31H25ClN6O3. The van der Waals surface area contributed by atoms with Crippen molar-refractivity contribution in [2.75, 3.05) is 13.1 Å². The van der Waals surface area contributed by atoms with E-state index in [4.69, 9.17) is 11.6 Å². The Hall–Kier alpha value is -5.07. The number of aromatic amines is 1. The van der Waals surface area contributed by atoms with E-state index in [9.17, 15) is 14.4 Å². The number of aromatic nitrogens is 3. The molecule has 10 heteroatoms. The minimum atomic E-state index is -0.692. The van der Waals surface area contributed by atoms with Gasteiger partial charge >= 0.3 is 6.03 Å². The zero-order chi connectivity index (χ0) is 28.5. The number of carbonyl (C=O) groups excluding carboxylic acids is 3. The second kappa shape index (κ2) is 10.8. The van der Waals surface area contributed by atoms with Crippen LogP contribution in [0, 0.1) is 18.8 Å². The Morgan fingerprint density at radius 3 is 2.88 bits per heavy atom. The van der Waals surface area contributed by atoms with Crippen LogP contribution in [0.4, 0.5) is 4.79 Å². The lowest BCUT2D eigenvalue weighted by Crippen LogP contribution is -2.39. The number of pyridine rings is 1. The van der Waals surface area contributed by atoms with E-state index in [0.717, 1.165) is 43.8 Å². The summed E-state index contributed by atoms with van der Waals surface area (Å²) in [6.45, 7) is 2.10. The van der Waals surface area contributed by atoms with Crippen molar-refractivity contribution in [1.82, 2.24) is 29.9 Å². The molecule has 1 atom stereocenters. The fourth-order valence-electron chi connectivity index (χ4n) is 4.93. The number of nitrogens with one attached hydrogen (secondary N) is 3. The summed E-state index contributed by atoms with van der Waals surface area (Å²) in [5.41, 5.74) is 5.32. The molecule has 1 aliphatic rings. The van der Waals surface area contributed by atoms with Crippen LogP contribution in [0.15, 0.2) is 73.2 Å². The molecule has 1 aliphatic heterocycles. The van der Waals surface area contributed by atoms with Gasteiger partial charge in [0.1, 0.15) is 17.4 Å². The third kappa shape index (κ3) is 5.13. The van der Waals surface area contributed by atoms with Gasteiger partial charge < -0.3 is 15.6 Å². The van der Waals surface area contributed by atoms with Crippen molar-refractivity contribution in [3.05, 3.63) is 106 Å². The molecular weight excluding hydrogens is 540 g/mol. The summed E-state index contributed by atoms with van der Waals surface area (Å²) in [6, 6.07) is 15.4. The fraction of sp³-hybridized carbons (Fsp3) is 0.161. The molecule has 0 aliphatic carbocycles. The molecule has 4 heterocycles. The summed E-state index contributed by atoms with van der Waals surface area (Å²) < 4.78 is 1.90. The van der Waals surface area contributed by atoms with Crippen LogP contribution in [0.3, 0.4) is 0 Å². The van der Waals surface area contributed by atoms with Crippen molar-refractivity contribution >= 4 is 46.0 Å². The van der Waals surface area contributed by atoms with Gasteiger partial charge in [0.15, 0.2) is 0 Å². The van der Waals surface area contributed by atoms with Crippen LogP contribution in [0.1, 0.15) is 32.7 Å². The number of hydrogen-bond acceptors (Lipinski definition) is 4. The smallest absolute Gasteiger partial charge is 0.324 e. The molecule has 3 N–H and O–H groups in total. The number of halogens is 1. The molecule has 5 aromatic rings. The van der Waals surface area contributed by atoms with Gasteiger partial charge in [-0.2, -0.15) is 0 Å². The highest BCUT2D eigenvalue weighted by molar-refractivity contribution is 6.35. The van der Waals surface area contributed by atoms with Gasteiger partial charge in [0.2, 0.25) is 0 Å². The molecule has 41 heavy (non-hydrogen) atoms. The average Bonchev–Trinajstić information content (AvgIpc) is 3.65. The van der Waals surface area contributed by atoms with Crippen molar-refractivity contribution in [3.8, 4) is 11.8 Å². The lowest BCUT2D eigenvalue weighted by atomic mass is 10.0. The first-order valence-electron chi connectivity index (χ1n) is 13.1. The van der Waals surface area contributed by atoms with E-state index in [0.29, 0.717) is 17.0 Å². The minimum absolute atomic E-state index is 0.0550. The van der Waals surface area contributed by atoms with Crippen LogP contribution in [0.25, 0.3) is 16.6 Å². The zero-order valence-electron chi connectivity index (χ0n) is 22.1. The van der Waals surface area contributed by atoms with E-state index in [-0.39, 0.29) is 24.9 Å². The maximum atomic E-state index is 13.0. The number of hydrogen-bond donors (Lipinski definition) is 3. The Labute approximate surface area is 240 Å². The molecule has 1 unspecified atom stereocenters. The van der Waals surface area contributed by atoms with Crippen LogP contribution in [-0.2, 0) is 11.2 Å². The van der Waals surface area contributed by atoms with Gasteiger partial charge in [0, 0.05) is 48.4 Å². The number of fused-ring (bicyclic) bond motifs is 2. The van der Waals surface area contributed by atoms with Crippen LogP contribution >= 0.6 is 11.6 Å². The topological polar surface area (TPSA) is 112 Å².